The van der Waals surface area contributed by atoms with Gasteiger partial charge in [0.2, 0.25) is 0 Å². The van der Waals surface area contributed by atoms with Gasteiger partial charge in [0.15, 0.2) is 0 Å². The number of carbonyl (C=O) groups excluding carboxylic acids is 1. The molecular weight excluding hydrogens is 176 g/mol. The predicted molar refractivity (Wildman–Crippen MR) is 54.8 cm³/mol. The highest BCUT2D eigenvalue weighted by molar-refractivity contribution is 5.71. The minimum atomic E-state index is -0.0775. The van der Waals surface area contributed by atoms with E-state index in [4.69, 9.17) is 4.74 Å². The molecule has 0 bridgehead atoms. The normalized spacial score (nSPS) is 20.4. The summed E-state index contributed by atoms with van der Waals surface area (Å²) in [6, 6.07) is 0. The first kappa shape index (κ1) is 9.75. The number of hydrogen-bond donors (Lipinski definition) is 0. The Balaban J connectivity index is 1.83. The van der Waals surface area contributed by atoms with Crippen molar-refractivity contribution in [3.63, 3.8) is 0 Å². The Labute approximate surface area is 85.3 Å². The van der Waals surface area contributed by atoms with Crippen molar-refractivity contribution in [1.29, 1.82) is 0 Å². The maximum atomic E-state index is 11.2. The van der Waals surface area contributed by atoms with Crippen LogP contribution in [0.1, 0.15) is 39.0 Å². The summed E-state index contributed by atoms with van der Waals surface area (Å²) in [4.78, 5) is 11.2. The van der Waals surface area contributed by atoms with Crippen LogP contribution in [0.15, 0.2) is 11.6 Å². The van der Waals surface area contributed by atoms with Crippen LogP contribution in [0, 0.1) is 11.8 Å². The maximum absolute atomic E-state index is 11.2. The van der Waals surface area contributed by atoms with Crippen molar-refractivity contribution in [2.45, 2.75) is 39.0 Å². The third kappa shape index (κ3) is 2.60. The lowest BCUT2D eigenvalue weighted by Crippen LogP contribution is -2.02. The standard InChI is InChI=1S/C12H18O2/c1-2-14-12(13)8-7-11(9-3-4-9)10-5-6-10/h7,9-10H,2-6,8H2,1H3. The van der Waals surface area contributed by atoms with Crippen LogP contribution >= 0.6 is 0 Å². The number of rotatable bonds is 5. The molecule has 2 aliphatic rings. The average molecular weight is 194 g/mol. The summed E-state index contributed by atoms with van der Waals surface area (Å²) in [6.45, 7) is 2.35. The Kier molecular flexibility index (Phi) is 2.90. The molecule has 0 aliphatic heterocycles. The van der Waals surface area contributed by atoms with E-state index in [1.54, 1.807) is 5.57 Å². The summed E-state index contributed by atoms with van der Waals surface area (Å²) in [5.41, 5.74) is 1.55. The van der Waals surface area contributed by atoms with Gasteiger partial charge in [0.1, 0.15) is 0 Å². The number of allylic oxidation sites excluding steroid dienone is 1. The van der Waals surface area contributed by atoms with Crippen LogP contribution in [0.5, 0.6) is 0 Å². The summed E-state index contributed by atoms with van der Waals surface area (Å²) < 4.78 is 4.91. The fourth-order valence-corrected chi connectivity index (χ4v) is 1.92. The van der Waals surface area contributed by atoms with Crippen LogP contribution < -0.4 is 0 Å². The molecule has 0 saturated heterocycles. The van der Waals surface area contributed by atoms with Gasteiger partial charge in [-0.3, -0.25) is 4.79 Å². The van der Waals surface area contributed by atoms with Gasteiger partial charge >= 0.3 is 5.97 Å². The van der Waals surface area contributed by atoms with E-state index >= 15 is 0 Å². The highest BCUT2D eigenvalue weighted by atomic mass is 16.5. The molecule has 2 heteroatoms. The van der Waals surface area contributed by atoms with Gasteiger partial charge in [-0.15, -0.1) is 0 Å². The monoisotopic (exact) mass is 194 g/mol. The van der Waals surface area contributed by atoms with E-state index in [1.807, 2.05) is 6.92 Å². The molecule has 2 rings (SSSR count). The third-order valence-corrected chi connectivity index (χ3v) is 2.91. The maximum Gasteiger partial charge on any atom is 0.309 e. The van der Waals surface area contributed by atoms with E-state index < -0.39 is 0 Å². The molecule has 2 saturated carbocycles. The van der Waals surface area contributed by atoms with Gasteiger partial charge in [-0.1, -0.05) is 11.6 Å². The first-order valence-electron chi connectivity index (χ1n) is 5.66. The molecule has 14 heavy (non-hydrogen) atoms. The quantitative estimate of drug-likeness (QED) is 0.497. The van der Waals surface area contributed by atoms with Crippen LogP contribution in [0.25, 0.3) is 0 Å². The van der Waals surface area contributed by atoms with Gasteiger partial charge in [-0.05, 0) is 44.4 Å². The van der Waals surface area contributed by atoms with Gasteiger partial charge in [0.05, 0.1) is 13.0 Å². The molecule has 0 heterocycles. The van der Waals surface area contributed by atoms with Crippen LogP contribution in [0.3, 0.4) is 0 Å². The molecule has 0 aromatic carbocycles. The second-order valence-electron chi connectivity index (χ2n) is 4.26. The fourth-order valence-electron chi connectivity index (χ4n) is 1.92. The predicted octanol–water partition coefficient (Wildman–Crippen LogP) is 2.69. The fraction of sp³-hybridized carbons (Fsp3) is 0.750. The average Bonchev–Trinajstić information content (AvgIpc) is 3.01. The van der Waals surface area contributed by atoms with Crippen molar-refractivity contribution >= 4 is 5.97 Å². The van der Waals surface area contributed by atoms with Crippen molar-refractivity contribution in [2.24, 2.45) is 11.8 Å². The lowest BCUT2D eigenvalue weighted by Gasteiger charge is -2.03. The van der Waals surface area contributed by atoms with Gasteiger partial charge in [-0.25, -0.2) is 0 Å². The highest BCUT2D eigenvalue weighted by Gasteiger charge is 2.35. The zero-order valence-corrected chi connectivity index (χ0v) is 8.79. The third-order valence-electron chi connectivity index (χ3n) is 2.91. The molecule has 0 aromatic heterocycles. The Morgan fingerprint density at radius 2 is 1.86 bits per heavy atom. The Morgan fingerprint density at radius 1 is 1.29 bits per heavy atom. The molecule has 0 atom stereocenters. The second kappa shape index (κ2) is 4.16. The molecule has 2 aliphatic carbocycles. The molecule has 2 fully saturated rings. The topological polar surface area (TPSA) is 26.3 Å². The SMILES string of the molecule is CCOC(=O)CC=C(C1CC1)C1CC1. The molecule has 0 unspecified atom stereocenters. The molecule has 0 spiro atoms. The summed E-state index contributed by atoms with van der Waals surface area (Å²) in [6.07, 6.45) is 7.97. The van der Waals surface area contributed by atoms with Gasteiger partial charge < -0.3 is 4.74 Å². The second-order valence-corrected chi connectivity index (χ2v) is 4.26. The van der Waals surface area contributed by atoms with Crippen LogP contribution in [0.2, 0.25) is 0 Å². The zero-order valence-electron chi connectivity index (χ0n) is 8.79. The van der Waals surface area contributed by atoms with E-state index in [2.05, 4.69) is 6.08 Å². The summed E-state index contributed by atoms with van der Waals surface area (Å²) in [5.74, 6) is 1.56. The van der Waals surface area contributed by atoms with Crippen molar-refractivity contribution in [3.05, 3.63) is 11.6 Å². The molecule has 2 nitrogen and oxygen atoms in total. The molecule has 0 radical (unpaired) electrons. The smallest absolute Gasteiger partial charge is 0.309 e. The largest absolute Gasteiger partial charge is 0.466 e. The minimum Gasteiger partial charge on any atom is -0.466 e. The van der Waals surface area contributed by atoms with Gasteiger partial charge in [0.25, 0.3) is 0 Å². The highest BCUT2D eigenvalue weighted by Crippen LogP contribution is 2.48. The van der Waals surface area contributed by atoms with E-state index in [0.717, 1.165) is 11.8 Å². The van der Waals surface area contributed by atoms with E-state index in [1.165, 1.54) is 25.7 Å². The van der Waals surface area contributed by atoms with Crippen LogP contribution in [-0.2, 0) is 9.53 Å². The van der Waals surface area contributed by atoms with Crippen molar-refractivity contribution < 1.29 is 9.53 Å². The minimum absolute atomic E-state index is 0.0775. The number of ether oxygens (including phenoxy) is 1. The van der Waals surface area contributed by atoms with Crippen molar-refractivity contribution in [3.8, 4) is 0 Å². The summed E-state index contributed by atoms with van der Waals surface area (Å²) in [7, 11) is 0. The molecule has 0 amide bonds. The number of carbonyl (C=O) groups is 1. The Hall–Kier alpha value is -0.790. The molecule has 78 valence electrons. The van der Waals surface area contributed by atoms with Gasteiger partial charge in [0, 0.05) is 0 Å². The van der Waals surface area contributed by atoms with Crippen molar-refractivity contribution in [1.82, 2.24) is 0 Å². The zero-order chi connectivity index (χ0) is 9.97. The first-order chi connectivity index (χ1) is 6.81. The lowest BCUT2D eigenvalue weighted by molar-refractivity contribution is -0.142. The first-order valence-corrected chi connectivity index (χ1v) is 5.66. The molecular formula is C12H18O2. The summed E-state index contributed by atoms with van der Waals surface area (Å²) in [5, 5.41) is 0. The molecule has 0 N–H and O–H groups in total. The van der Waals surface area contributed by atoms with Gasteiger partial charge in [-0.2, -0.15) is 0 Å². The van der Waals surface area contributed by atoms with Crippen molar-refractivity contribution in [2.75, 3.05) is 6.61 Å². The Morgan fingerprint density at radius 3 is 2.29 bits per heavy atom. The van der Waals surface area contributed by atoms with E-state index in [9.17, 15) is 4.79 Å². The number of esters is 1. The van der Waals surface area contributed by atoms with Crippen LogP contribution in [-0.4, -0.2) is 12.6 Å². The van der Waals surface area contributed by atoms with E-state index in [-0.39, 0.29) is 5.97 Å². The molecule has 0 aromatic rings. The van der Waals surface area contributed by atoms with E-state index in [0.29, 0.717) is 13.0 Å². The summed E-state index contributed by atoms with van der Waals surface area (Å²) >= 11 is 0. The lowest BCUT2D eigenvalue weighted by atomic mass is 10.1. The van der Waals surface area contributed by atoms with Crippen LogP contribution in [0.4, 0.5) is 0 Å². The Bertz CT molecular complexity index is 233. The number of hydrogen-bond acceptors (Lipinski definition) is 2.